The van der Waals surface area contributed by atoms with Crippen LogP contribution in [0, 0.1) is 6.92 Å². The van der Waals surface area contributed by atoms with Gasteiger partial charge in [-0.2, -0.15) is 0 Å². The van der Waals surface area contributed by atoms with Gasteiger partial charge in [-0.15, -0.1) is 11.6 Å². The van der Waals surface area contributed by atoms with Crippen LogP contribution in [0.5, 0.6) is 0 Å². The highest BCUT2D eigenvalue weighted by Crippen LogP contribution is 2.24. The topological polar surface area (TPSA) is 39.2 Å². The van der Waals surface area contributed by atoms with Crippen molar-refractivity contribution >= 4 is 11.6 Å². The summed E-state index contributed by atoms with van der Waals surface area (Å²) in [6.45, 7) is 1.96. The van der Waals surface area contributed by atoms with Gasteiger partial charge in [0.1, 0.15) is 0 Å². The lowest BCUT2D eigenvalue weighted by Crippen LogP contribution is -1.83. The van der Waals surface area contributed by atoms with Crippen LogP contribution in [0.1, 0.15) is 11.5 Å². The van der Waals surface area contributed by atoms with E-state index in [0.29, 0.717) is 24.0 Å². The molecule has 0 amide bonds. The summed E-state index contributed by atoms with van der Waals surface area (Å²) in [6.07, 6.45) is 3.93. The van der Waals surface area contributed by atoms with Crippen molar-refractivity contribution in [2.45, 2.75) is 13.3 Å². The van der Waals surface area contributed by atoms with Gasteiger partial charge in [0.25, 0.3) is 0 Å². The van der Waals surface area contributed by atoms with Crippen LogP contribution in [0.15, 0.2) is 27.4 Å². The zero-order chi connectivity index (χ0) is 9.97. The lowest BCUT2D eigenvalue weighted by molar-refractivity contribution is 0.486. The number of aromatic nitrogens is 1. The Hall–Kier alpha value is -1.22. The van der Waals surface area contributed by atoms with Gasteiger partial charge in [0.2, 0.25) is 0 Å². The lowest BCUT2D eigenvalue weighted by atomic mass is 10.2. The van der Waals surface area contributed by atoms with Gasteiger partial charge in [-0.3, -0.25) is 0 Å². The molecule has 0 spiro atoms. The van der Waals surface area contributed by atoms with E-state index in [-0.39, 0.29) is 0 Å². The van der Waals surface area contributed by atoms with Gasteiger partial charge in [-0.05, 0) is 18.6 Å². The fourth-order valence-electron chi connectivity index (χ4n) is 1.24. The van der Waals surface area contributed by atoms with E-state index in [1.807, 2.05) is 13.0 Å². The number of rotatable bonds is 3. The second kappa shape index (κ2) is 3.88. The number of oxazole rings is 1. The Morgan fingerprint density at radius 2 is 2.36 bits per heavy atom. The van der Waals surface area contributed by atoms with Crippen molar-refractivity contribution in [2.24, 2.45) is 0 Å². The maximum Gasteiger partial charge on any atom is 0.196 e. The molecule has 0 unspecified atom stereocenters. The summed E-state index contributed by atoms with van der Waals surface area (Å²) in [4.78, 5) is 4.09. The van der Waals surface area contributed by atoms with Crippen molar-refractivity contribution in [3.8, 4) is 11.5 Å². The molecule has 0 saturated heterocycles. The van der Waals surface area contributed by atoms with E-state index in [2.05, 4.69) is 4.98 Å². The summed E-state index contributed by atoms with van der Waals surface area (Å²) < 4.78 is 10.7. The highest BCUT2D eigenvalue weighted by molar-refractivity contribution is 6.17. The molecular weight excluding hydrogens is 202 g/mol. The lowest BCUT2D eigenvalue weighted by Gasteiger charge is -1.91. The van der Waals surface area contributed by atoms with E-state index in [0.717, 1.165) is 11.3 Å². The van der Waals surface area contributed by atoms with Crippen molar-refractivity contribution in [3.05, 3.63) is 30.0 Å². The average molecular weight is 212 g/mol. The van der Waals surface area contributed by atoms with Crippen LogP contribution >= 0.6 is 11.6 Å². The van der Waals surface area contributed by atoms with Crippen molar-refractivity contribution in [2.75, 3.05) is 5.88 Å². The molecule has 4 heteroatoms. The Bertz CT molecular complexity index is 419. The molecule has 0 N–H and O–H groups in total. The van der Waals surface area contributed by atoms with E-state index in [4.69, 9.17) is 20.4 Å². The molecular formula is C10H10ClNO2. The number of hydrogen-bond acceptors (Lipinski definition) is 3. The summed E-state index contributed by atoms with van der Waals surface area (Å²) in [6, 6.07) is 1.89. The molecule has 0 bridgehead atoms. The minimum absolute atomic E-state index is 0.511. The van der Waals surface area contributed by atoms with Gasteiger partial charge in [0.15, 0.2) is 17.4 Å². The van der Waals surface area contributed by atoms with E-state index in [1.165, 1.54) is 0 Å². The third-order valence-corrected chi connectivity index (χ3v) is 2.14. The molecule has 0 aromatic carbocycles. The highest BCUT2D eigenvalue weighted by atomic mass is 35.5. The van der Waals surface area contributed by atoms with Crippen LogP contribution in [0.3, 0.4) is 0 Å². The molecule has 2 aromatic rings. The van der Waals surface area contributed by atoms with Gasteiger partial charge in [0.05, 0.1) is 12.5 Å². The van der Waals surface area contributed by atoms with Crippen LogP contribution in [-0.4, -0.2) is 10.9 Å². The maximum absolute atomic E-state index is 5.58. The van der Waals surface area contributed by atoms with Gasteiger partial charge >= 0.3 is 0 Å². The molecule has 2 rings (SSSR count). The maximum atomic E-state index is 5.58. The average Bonchev–Trinajstić information content (AvgIpc) is 2.74. The minimum atomic E-state index is 0.511. The number of aryl methyl sites for hydroxylation is 2. The zero-order valence-corrected chi connectivity index (χ0v) is 8.54. The molecule has 0 aliphatic heterocycles. The SMILES string of the molecule is Cc1ccoc1-c1cnc(CCCl)o1. The van der Waals surface area contributed by atoms with Crippen molar-refractivity contribution < 1.29 is 8.83 Å². The molecule has 0 aliphatic carbocycles. The Morgan fingerprint density at radius 3 is 3.00 bits per heavy atom. The molecule has 3 nitrogen and oxygen atoms in total. The smallest absolute Gasteiger partial charge is 0.196 e. The molecule has 2 aromatic heterocycles. The van der Waals surface area contributed by atoms with Gasteiger partial charge in [-0.25, -0.2) is 4.98 Å². The van der Waals surface area contributed by atoms with Crippen LogP contribution in [0.25, 0.3) is 11.5 Å². The van der Waals surface area contributed by atoms with Crippen molar-refractivity contribution in [3.63, 3.8) is 0 Å². The zero-order valence-electron chi connectivity index (χ0n) is 7.79. The quantitative estimate of drug-likeness (QED) is 0.733. The van der Waals surface area contributed by atoms with Crippen LogP contribution in [-0.2, 0) is 6.42 Å². The normalized spacial score (nSPS) is 10.7. The van der Waals surface area contributed by atoms with Gasteiger partial charge in [0, 0.05) is 12.3 Å². The van der Waals surface area contributed by atoms with Crippen LogP contribution in [0.4, 0.5) is 0 Å². The first kappa shape index (κ1) is 9.34. The summed E-state index contributed by atoms with van der Waals surface area (Å²) in [5.74, 6) is 2.55. The molecule has 0 atom stereocenters. The first-order valence-corrected chi connectivity index (χ1v) is 4.90. The molecule has 0 radical (unpaired) electrons. The predicted molar refractivity (Wildman–Crippen MR) is 53.4 cm³/mol. The van der Waals surface area contributed by atoms with Gasteiger partial charge in [-0.1, -0.05) is 0 Å². The second-order valence-electron chi connectivity index (χ2n) is 2.99. The summed E-state index contributed by atoms with van der Waals surface area (Å²) in [5, 5.41) is 0. The standard InChI is InChI=1S/C10H10ClNO2/c1-7-3-5-13-10(7)8-6-12-9(14-8)2-4-11/h3,5-6H,2,4H2,1H3. The highest BCUT2D eigenvalue weighted by Gasteiger charge is 2.11. The van der Waals surface area contributed by atoms with E-state index in [9.17, 15) is 0 Å². The number of alkyl halides is 1. The fraction of sp³-hybridized carbons (Fsp3) is 0.300. The number of nitrogens with zero attached hydrogens (tertiary/aromatic N) is 1. The second-order valence-corrected chi connectivity index (χ2v) is 3.37. The molecule has 0 saturated carbocycles. The Morgan fingerprint density at radius 1 is 1.50 bits per heavy atom. The van der Waals surface area contributed by atoms with Crippen LogP contribution in [0.2, 0.25) is 0 Å². The first-order chi connectivity index (χ1) is 6.81. The number of hydrogen-bond donors (Lipinski definition) is 0. The van der Waals surface area contributed by atoms with E-state index in [1.54, 1.807) is 12.5 Å². The Balaban J connectivity index is 2.29. The summed E-state index contributed by atoms with van der Waals surface area (Å²) >= 11 is 5.58. The monoisotopic (exact) mass is 211 g/mol. The number of halogens is 1. The molecule has 0 fully saturated rings. The van der Waals surface area contributed by atoms with Crippen molar-refractivity contribution in [1.29, 1.82) is 0 Å². The number of furan rings is 1. The molecule has 0 aliphatic rings. The summed E-state index contributed by atoms with van der Waals surface area (Å²) in [7, 11) is 0. The molecule has 14 heavy (non-hydrogen) atoms. The third kappa shape index (κ3) is 1.68. The molecule has 74 valence electrons. The van der Waals surface area contributed by atoms with Crippen molar-refractivity contribution in [1.82, 2.24) is 4.98 Å². The van der Waals surface area contributed by atoms with Crippen LogP contribution < -0.4 is 0 Å². The van der Waals surface area contributed by atoms with Gasteiger partial charge < -0.3 is 8.83 Å². The largest absolute Gasteiger partial charge is 0.461 e. The fourth-order valence-corrected chi connectivity index (χ4v) is 1.40. The van der Waals surface area contributed by atoms with E-state index < -0.39 is 0 Å². The third-order valence-electron chi connectivity index (χ3n) is 1.95. The Labute approximate surface area is 86.7 Å². The first-order valence-electron chi connectivity index (χ1n) is 4.36. The predicted octanol–water partition coefficient (Wildman–Crippen LogP) is 3.02. The minimum Gasteiger partial charge on any atom is -0.461 e. The van der Waals surface area contributed by atoms with E-state index >= 15 is 0 Å². The summed E-state index contributed by atoms with van der Waals surface area (Å²) in [5.41, 5.74) is 1.04. The Kier molecular flexibility index (Phi) is 2.59. The molecule has 2 heterocycles.